The summed E-state index contributed by atoms with van der Waals surface area (Å²) in [6.07, 6.45) is 2.44. The molecule has 1 aromatic rings. The van der Waals surface area contributed by atoms with E-state index in [9.17, 15) is 9.18 Å². The molecule has 0 radical (unpaired) electrons. The van der Waals surface area contributed by atoms with E-state index < -0.39 is 11.7 Å². The summed E-state index contributed by atoms with van der Waals surface area (Å²) in [5, 5.41) is 0.401. The Balaban J connectivity index is 3.02. The van der Waals surface area contributed by atoms with Crippen LogP contribution in [0.4, 0.5) is 4.39 Å². The van der Waals surface area contributed by atoms with Gasteiger partial charge in [0.2, 0.25) is 0 Å². The van der Waals surface area contributed by atoms with E-state index in [-0.39, 0.29) is 5.97 Å². The second kappa shape index (κ2) is 6.60. The molecule has 0 saturated heterocycles. The fourth-order valence-electron chi connectivity index (χ4n) is 1.73. The fourth-order valence-corrected chi connectivity index (χ4v) is 1.98. The van der Waals surface area contributed by atoms with Crippen LogP contribution in [0.3, 0.4) is 0 Å². The molecule has 1 unspecified atom stereocenters. The number of unbranched alkanes of at least 4 members (excludes halogenated alkanes) is 1. The number of carbonyl (C=O) groups is 1. The van der Waals surface area contributed by atoms with Crippen molar-refractivity contribution in [2.75, 3.05) is 7.11 Å². The Kier molecular flexibility index (Phi) is 5.42. The molecule has 1 atom stereocenters. The van der Waals surface area contributed by atoms with Gasteiger partial charge in [-0.3, -0.25) is 4.79 Å². The number of esters is 1. The third kappa shape index (κ3) is 3.70. The smallest absolute Gasteiger partial charge is 0.313 e. The SMILES string of the molecule is CCCCC(C(=O)OC)c1cc(F)ccc1Cl. The fraction of sp³-hybridized carbons (Fsp3) is 0.462. The molecule has 0 N–H and O–H groups in total. The highest BCUT2D eigenvalue weighted by molar-refractivity contribution is 6.31. The van der Waals surface area contributed by atoms with E-state index in [0.717, 1.165) is 12.8 Å². The van der Waals surface area contributed by atoms with Crippen molar-refractivity contribution in [3.8, 4) is 0 Å². The number of hydrogen-bond donors (Lipinski definition) is 0. The van der Waals surface area contributed by atoms with Gasteiger partial charge in [-0.1, -0.05) is 31.4 Å². The molecule has 4 heteroatoms. The molecule has 0 saturated carbocycles. The van der Waals surface area contributed by atoms with Crippen molar-refractivity contribution >= 4 is 17.6 Å². The van der Waals surface area contributed by atoms with Gasteiger partial charge in [0.25, 0.3) is 0 Å². The van der Waals surface area contributed by atoms with Gasteiger partial charge >= 0.3 is 5.97 Å². The first-order valence-corrected chi connectivity index (χ1v) is 6.00. The Bertz CT molecular complexity index is 393. The zero-order valence-electron chi connectivity index (χ0n) is 10.0. The zero-order chi connectivity index (χ0) is 12.8. The number of hydrogen-bond acceptors (Lipinski definition) is 2. The first-order chi connectivity index (χ1) is 8.10. The highest BCUT2D eigenvalue weighted by Crippen LogP contribution is 2.30. The highest BCUT2D eigenvalue weighted by Gasteiger charge is 2.23. The van der Waals surface area contributed by atoms with Gasteiger partial charge in [0, 0.05) is 5.02 Å². The largest absolute Gasteiger partial charge is 0.469 e. The molecule has 0 spiro atoms. The number of benzene rings is 1. The second-order valence-corrected chi connectivity index (χ2v) is 4.29. The van der Waals surface area contributed by atoms with E-state index in [1.165, 1.54) is 25.3 Å². The highest BCUT2D eigenvalue weighted by atomic mass is 35.5. The van der Waals surface area contributed by atoms with Crippen molar-refractivity contribution in [3.05, 3.63) is 34.6 Å². The summed E-state index contributed by atoms with van der Waals surface area (Å²) >= 11 is 6.00. The van der Waals surface area contributed by atoms with Crippen molar-refractivity contribution in [2.24, 2.45) is 0 Å². The van der Waals surface area contributed by atoms with Crippen molar-refractivity contribution in [1.29, 1.82) is 0 Å². The number of methoxy groups -OCH3 is 1. The minimum Gasteiger partial charge on any atom is -0.469 e. The van der Waals surface area contributed by atoms with E-state index >= 15 is 0 Å². The molecule has 1 aromatic carbocycles. The standard InChI is InChI=1S/C13H16ClFO2/c1-3-4-5-10(13(16)17-2)11-8-9(15)6-7-12(11)14/h6-8,10H,3-5H2,1-2H3. The molecule has 0 aromatic heterocycles. The molecular formula is C13H16ClFO2. The molecule has 2 nitrogen and oxygen atoms in total. The van der Waals surface area contributed by atoms with E-state index in [4.69, 9.17) is 16.3 Å². The molecule has 0 aliphatic heterocycles. The summed E-state index contributed by atoms with van der Waals surface area (Å²) in [6.45, 7) is 2.03. The Labute approximate surface area is 106 Å². The maximum absolute atomic E-state index is 13.2. The van der Waals surface area contributed by atoms with Gasteiger partial charge in [0.1, 0.15) is 5.82 Å². The van der Waals surface area contributed by atoms with E-state index in [1.54, 1.807) is 0 Å². The Morgan fingerprint density at radius 3 is 2.82 bits per heavy atom. The van der Waals surface area contributed by atoms with Crippen LogP contribution in [-0.2, 0) is 9.53 Å². The van der Waals surface area contributed by atoms with Gasteiger partial charge in [-0.25, -0.2) is 4.39 Å². The normalized spacial score (nSPS) is 12.2. The summed E-state index contributed by atoms with van der Waals surface area (Å²) < 4.78 is 17.9. The van der Waals surface area contributed by atoms with Crippen LogP contribution in [0.5, 0.6) is 0 Å². The van der Waals surface area contributed by atoms with Crippen LogP contribution >= 0.6 is 11.6 Å². The summed E-state index contributed by atoms with van der Waals surface area (Å²) in [4.78, 5) is 11.7. The maximum Gasteiger partial charge on any atom is 0.313 e. The number of rotatable bonds is 5. The van der Waals surface area contributed by atoms with Crippen molar-refractivity contribution < 1.29 is 13.9 Å². The molecule has 0 fully saturated rings. The first kappa shape index (κ1) is 14.0. The third-order valence-corrected chi connectivity index (χ3v) is 3.01. The second-order valence-electron chi connectivity index (χ2n) is 3.88. The van der Waals surface area contributed by atoms with E-state index in [0.29, 0.717) is 17.0 Å². The van der Waals surface area contributed by atoms with Crippen molar-refractivity contribution in [3.63, 3.8) is 0 Å². The van der Waals surface area contributed by atoms with Gasteiger partial charge in [-0.15, -0.1) is 0 Å². The van der Waals surface area contributed by atoms with Crippen molar-refractivity contribution in [1.82, 2.24) is 0 Å². The van der Waals surface area contributed by atoms with E-state index in [1.807, 2.05) is 6.92 Å². The predicted molar refractivity (Wildman–Crippen MR) is 65.7 cm³/mol. The average molecular weight is 259 g/mol. The summed E-state index contributed by atoms with van der Waals surface area (Å²) in [7, 11) is 1.33. The average Bonchev–Trinajstić information content (AvgIpc) is 2.33. The molecule has 0 aliphatic carbocycles. The number of halogens is 2. The summed E-state index contributed by atoms with van der Waals surface area (Å²) in [6, 6.07) is 4.05. The molecule has 94 valence electrons. The molecule has 0 heterocycles. The van der Waals surface area contributed by atoms with E-state index in [2.05, 4.69) is 0 Å². The molecular weight excluding hydrogens is 243 g/mol. The maximum atomic E-state index is 13.2. The van der Waals surface area contributed by atoms with Gasteiger partial charge in [0.05, 0.1) is 13.0 Å². The Hall–Kier alpha value is -1.09. The van der Waals surface area contributed by atoms with Gasteiger partial charge in [-0.2, -0.15) is 0 Å². The van der Waals surface area contributed by atoms with Gasteiger partial charge in [-0.05, 0) is 30.2 Å². The summed E-state index contributed by atoms with van der Waals surface area (Å²) in [5.41, 5.74) is 0.506. The minimum atomic E-state index is -0.483. The lowest BCUT2D eigenvalue weighted by atomic mass is 9.93. The van der Waals surface area contributed by atoms with Crippen LogP contribution < -0.4 is 0 Å². The number of ether oxygens (including phenoxy) is 1. The van der Waals surface area contributed by atoms with Crippen molar-refractivity contribution in [2.45, 2.75) is 32.1 Å². The van der Waals surface area contributed by atoms with Crippen LogP contribution in [0.1, 0.15) is 37.7 Å². The van der Waals surface area contributed by atoms with Crippen LogP contribution in [-0.4, -0.2) is 13.1 Å². The number of carbonyl (C=O) groups excluding carboxylic acids is 1. The lowest BCUT2D eigenvalue weighted by molar-refractivity contribution is -0.142. The monoisotopic (exact) mass is 258 g/mol. The lowest BCUT2D eigenvalue weighted by Gasteiger charge is -2.16. The quantitative estimate of drug-likeness (QED) is 0.748. The minimum absolute atomic E-state index is 0.369. The lowest BCUT2D eigenvalue weighted by Crippen LogP contribution is -2.15. The van der Waals surface area contributed by atoms with Crippen LogP contribution in [0.25, 0.3) is 0 Å². The van der Waals surface area contributed by atoms with Crippen LogP contribution in [0.15, 0.2) is 18.2 Å². The Morgan fingerprint density at radius 1 is 1.53 bits per heavy atom. The zero-order valence-corrected chi connectivity index (χ0v) is 10.8. The van der Waals surface area contributed by atoms with Crippen LogP contribution in [0, 0.1) is 5.82 Å². The third-order valence-electron chi connectivity index (χ3n) is 2.67. The predicted octanol–water partition coefficient (Wildman–Crippen LogP) is 3.93. The summed E-state index contributed by atoms with van der Waals surface area (Å²) in [5.74, 6) is -1.25. The van der Waals surface area contributed by atoms with Gasteiger partial charge in [0.15, 0.2) is 0 Å². The molecule has 0 amide bonds. The molecule has 17 heavy (non-hydrogen) atoms. The first-order valence-electron chi connectivity index (χ1n) is 5.63. The van der Waals surface area contributed by atoms with Gasteiger partial charge < -0.3 is 4.74 Å². The van der Waals surface area contributed by atoms with Crippen LogP contribution in [0.2, 0.25) is 5.02 Å². The molecule has 0 aliphatic rings. The topological polar surface area (TPSA) is 26.3 Å². The molecule has 1 rings (SSSR count). The Morgan fingerprint density at radius 2 is 2.24 bits per heavy atom. The molecule has 0 bridgehead atoms.